The fraction of sp³-hybridized carbons (Fsp3) is 0.474. The van der Waals surface area contributed by atoms with Crippen LogP contribution in [0, 0.1) is 12.7 Å². The summed E-state index contributed by atoms with van der Waals surface area (Å²) in [6, 6.07) is 6.52. The van der Waals surface area contributed by atoms with Crippen LogP contribution in [0.25, 0.3) is 0 Å². The number of amides is 1. The van der Waals surface area contributed by atoms with Gasteiger partial charge in [0.2, 0.25) is 0 Å². The number of hydrogen-bond donors (Lipinski definition) is 1. The van der Waals surface area contributed by atoms with E-state index in [2.05, 4.69) is 15.2 Å². The first-order chi connectivity index (χ1) is 12.6. The molecule has 138 valence electrons. The maximum Gasteiger partial charge on any atom is 0.266 e. The molecule has 2 aliphatic rings. The molecular weight excluding hydrogens is 353 g/mol. The smallest absolute Gasteiger partial charge is 0.266 e. The minimum atomic E-state index is -0.295. The molecule has 0 spiro atoms. The number of carbonyl (C=O) groups is 1. The SMILES string of the molecule is Cc1nc(COc2ccc(F)cc2)sc1C(=O)N1C2CCNCC1CC2. The quantitative estimate of drug-likeness (QED) is 0.892. The Hall–Kier alpha value is -1.99. The van der Waals surface area contributed by atoms with Crippen LogP contribution in [0.5, 0.6) is 5.75 Å². The zero-order chi connectivity index (χ0) is 18.1. The van der Waals surface area contributed by atoms with Gasteiger partial charge in [-0.2, -0.15) is 0 Å². The minimum absolute atomic E-state index is 0.101. The number of benzene rings is 1. The molecular formula is C19H22FN3O2S. The molecule has 2 unspecified atom stereocenters. The highest BCUT2D eigenvalue weighted by molar-refractivity contribution is 7.13. The van der Waals surface area contributed by atoms with Gasteiger partial charge in [-0.05, 0) is 57.0 Å². The third kappa shape index (κ3) is 3.46. The molecule has 2 aliphatic heterocycles. The lowest BCUT2D eigenvalue weighted by molar-refractivity contribution is 0.0684. The van der Waals surface area contributed by atoms with E-state index in [1.807, 2.05) is 6.92 Å². The first kappa shape index (κ1) is 17.4. The molecule has 2 fully saturated rings. The van der Waals surface area contributed by atoms with Crippen LogP contribution in [0.15, 0.2) is 24.3 Å². The summed E-state index contributed by atoms with van der Waals surface area (Å²) in [6.07, 6.45) is 3.18. The van der Waals surface area contributed by atoms with Crippen molar-refractivity contribution >= 4 is 17.2 Å². The Kier molecular flexibility index (Phi) is 4.91. The van der Waals surface area contributed by atoms with Crippen molar-refractivity contribution in [2.45, 2.75) is 44.9 Å². The zero-order valence-corrected chi connectivity index (χ0v) is 15.5. The zero-order valence-electron chi connectivity index (χ0n) is 14.7. The average Bonchev–Trinajstić information content (AvgIpc) is 3.12. The summed E-state index contributed by atoms with van der Waals surface area (Å²) < 4.78 is 18.6. The van der Waals surface area contributed by atoms with E-state index in [0.29, 0.717) is 16.7 Å². The van der Waals surface area contributed by atoms with Crippen molar-refractivity contribution in [1.29, 1.82) is 0 Å². The van der Waals surface area contributed by atoms with Crippen LogP contribution < -0.4 is 10.1 Å². The van der Waals surface area contributed by atoms with Crippen LogP contribution in [-0.4, -0.2) is 41.0 Å². The molecule has 2 saturated heterocycles. The first-order valence-corrected chi connectivity index (χ1v) is 9.81. The molecule has 5 nitrogen and oxygen atoms in total. The molecule has 1 amide bonds. The van der Waals surface area contributed by atoms with Gasteiger partial charge in [-0.1, -0.05) is 0 Å². The lowest BCUT2D eigenvalue weighted by Crippen LogP contribution is -2.42. The van der Waals surface area contributed by atoms with E-state index in [4.69, 9.17) is 4.74 Å². The number of rotatable bonds is 4. The molecule has 0 aliphatic carbocycles. The van der Waals surface area contributed by atoms with Crippen LogP contribution in [0.4, 0.5) is 4.39 Å². The number of aryl methyl sites for hydroxylation is 1. The molecule has 4 rings (SSSR count). The molecule has 0 saturated carbocycles. The molecule has 2 aromatic rings. The molecule has 2 bridgehead atoms. The van der Waals surface area contributed by atoms with Crippen molar-refractivity contribution in [1.82, 2.24) is 15.2 Å². The molecule has 3 heterocycles. The lowest BCUT2D eigenvalue weighted by Gasteiger charge is -2.27. The monoisotopic (exact) mass is 375 g/mol. The Morgan fingerprint density at radius 2 is 2.08 bits per heavy atom. The topological polar surface area (TPSA) is 54.5 Å². The largest absolute Gasteiger partial charge is 0.486 e. The lowest BCUT2D eigenvalue weighted by atomic mass is 10.1. The van der Waals surface area contributed by atoms with Crippen molar-refractivity contribution in [3.05, 3.63) is 45.7 Å². The second kappa shape index (κ2) is 7.32. The van der Waals surface area contributed by atoms with Gasteiger partial charge in [-0.3, -0.25) is 4.79 Å². The Bertz CT molecular complexity index is 779. The Labute approximate surface area is 156 Å². The van der Waals surface area contributed by atoms with E-state index in [1.54, 1.807) is 12.1 Å². The predicted octanol–water partition coefficient (Wildman–Crippen LogP) is 3.14. The standard InChI is InChI=1S/C19H22FN3O2S/c1-12-18(19(24)23-14-4-5-15(23)10-21-9-8-14)26-17(22-12)11-25-16-6-2-13(20)3-7-16/h2-3,6-7,14-15,21H,4-5,8-11H2,1H3. The van der Waals surface area contributed by atoms with Gasteiger partial charge in [0.1, 0.15) is 28.1 Å². The van der Waals surface area contributed by atoms with Crippen LogP contribution in [0.3, 0.4) is 0 Å². The molecule has 7 heteroatoms. The normalized spacial score (nSPS) is 22.3. The molecule has 1 aromatic heterocycles. The first-order valence-electron chi connectivity index (χ1n) is 9.00. The number of aromatic nitrogens is 1. The average molecular weight is 375 g/mol. The fourth-order valence-electron chi connectivity index (χ4n) is 3.82. The van der Waals surface area contributed by atoms with Crippen LogP contribution in [-0.2, 0) is 6.61 Å². The maximum absolute atomic E-state index is 13.1. The van der Waals surface area contributed by atoms with E-state index < -0.39 is 0 Å². The van der Waals surface area contributed by atoms with Gasteiger partial charge < -0.3 is 15.0 Å². The summed E-state index contributed by atoms with van der Waals surface area (Å²) in [6.45, 7) is 4.01. The number of nitrogens with one attached hydrogen (secondary N) is 1. The van der Waals surface area contributed by atoms with Gasteiger partial charge in [-0.25, -0.2) is 9.37 Å². The second-order valence-corrected chi connectivity index (χ2v) is 7.94. The number of thiazole rings is 1. The maximum atomic E-state index is 13.1. The Morgan fingerprint density at radius 3 is 2.88 bits per heavy atom. The van der Waals surface area contributed by atoms with Crippen LogP contribution >= 0.6 is 11.3 Å². The van der Waals surface area contributed by atoms with Crippen molar-refractivity contribution in [2.75, 3.05) is 13.1 Å². The van der Waals surface area contributed by atoms with E-state index in [-0.39, 0.29) is 24.4 Å². The summed E-state index contributed by atoms with van der Waals surface area (Å²) in [5.41, 5.74) is 0.759. The molecule has 2 atom stereocenters. The van der Waals surface area contributed by atoms with Gasteiger partial charge in [0.15, 0.2) is 0 Å². The molecule has 1 aromatic carbocycles. The summed E-state index contributed by atoms with van der Waals surface area (Å²) in [5, 5.41) is 4.18. The summed E-state index contributed by atoms with van der Waals surface area (Å²) in [5.74, 6) is 0.393. The number of carbonyl (C=O) groups excluding carboxylic acids is 1. The summed E-state index contributed by atoms with van der Waals surface area (Å²) >= 11 is 1.40. The van der Waals surface area contributed by atoms with E-state index in [0.717, 1.165) is 43.1 Å². The number of hydrogen-bond acceptors (Lipinski definition) is 5. The van der Waals surface area contributed by atoms with Gasteiger partial charge >= 0.3 is 0 Å². The van der Waals surface area contributed by atoms with Crippen molar-refractivity contribution in [3.63, 3.8) is 0 Å². The highest BCUT2D eigenvalue weighted by atomic mass is 32.1. The Morgan fingerprint density at radius 1 is 1.31 bits per heavy atom. The summed E-state index contributed by atoms with van der Waals surface area (Å²) in [7, 11) is 0. The van der Waals surface area contributed by atoms with E-state index in [1.165, 1.54) is 23.5 Å². The predicted molar refractivity (Wildman–Crippen MR) is 98.0 cm³/mol. The van der Waals surface area contributed by atoms with E-state index >= 15 is 0 Å². The Balaban J connectivity index is 1.47. The molecule has 1 N–H and O–H groups in total. The third-order valence-corrected chi connectivity index (χ3v) is 6.22. The van der Waals surface area contributed by atoms with E-state index in [9.17, 15) is 9.18 Å². The number of nitrogens with zero attached hydrogens (tertiary/aromatic N) is 2. The van der Waals surface area contributed by atoms with Gasteiger partial charge in [0, 0.05) is 18.6 Å². The highest BCUT2D eigenvalue weighted by Gasteiger charge is 2.39. The highest BCUT2D eigenvalue weighted by Crippen LogP contribution is 2.32. The second-order valence-electron chi connectivity index (χ2n) is 6.85. The van der Waals surface area contributed by atoms with Crippen LogP contribution in [0.2, 0.25) is 0 Å². The minimum Gasteiger partial charge on any atom is -0.486 e. The third-order valence-electron chi connectivity index (χ3n) is 5.10. The molecule has 0 radical (unpaired) electrons. The van der Waals surface area contributed by atoms with Crippen molar-refractivity contribution in [2.24, 2.45) is 0 Å². The number of ether oxygens (including phenoxy) is 1. The fourth-order valence-corrected chi connectivity index (χ4v) is 4.74. The number of halogens is 1. The van der Waals surface area contributed by atoms with Gasteiger partial charge in [0.05, 0.1) is 5.69 Å². The summed E-state index contributed by atoms with van der Waals surface area (Å²) in [4.78, 5) is 20.4. The van der Waals surface area contributed by atoms with Gasteiger partial charge in [0.25, 0.3) is 5.91 Å². The van der Waals surface area contributed by atoms with Crippen LogP contribution in [0.1, 0.15) is 39.6 Å². The number of fused-ring (bicyclic) bond motifs is 2. The van der Waals surface area contributed by atoms with Crippen molar-refractivity contribution < 1.29 is 13.9 Å². The van der Waals surface area contributed by atoms with Gasteiger partial charge in [-0.15, -0.1) is 11.3 Å². The van der Waals surface area contributed by atoms with Crippen molar-refractivity contribution in [3.8, 4) is 5.75 Å². The molecule has 26 heavy (non-hydrogen) atoms.